The number of halogens is 6. The van der Waals surface area contributed by atoms with Gasteiger partial charge < -0.3 is 0 Å². The lowest BCUT2D eigenvalue weighted by Gasteiger charge is -2.34. The van der Waals surface area contributed by atoms with E-state index in [2.05, 4.69) is 0 Å². The molecule has 88 valence electrons. The van der Waals surface area contributed by atoms with Crippen molar-refractivity contribution in [1.29, 1.82) is 0 Å². The molecule has 0 radical (unpaired) electrons. The predicted octanol–water partition coefficient (Wildman–Crippen LogP) is 5.23. The van der Waals surface area contributed by atoms with Gasteiger partial charge in [-0.15, -0.1) is 23.2 Å². The van der Waals surface area contributed by atoms with Crippen molar-refractivity contribution < 1.29 is 0 Å². The second-order valence-corrected chi connectivity index (χ2v) is 7.12. The molecule has 0 nitrogen and oxygen atoms in total. The molecule has 0 saturated heterocycles. The predicted molar refractivity (Wildman–Crippen MR) is 70.8 cm³/mol. The SMILES string of the molecule is ClC1=C(Cl)[C@]2(Cl)C(Cl)=C(Cl)[C@H]3C[C@@H]2[C@@H]1[C@@H]3Cl. The maximum absolute atomic E-state index is 6.54. The van der Waals surface area contributed by atoms with E-state index in [-0.39, 0.29) is 23.1 Å². The molecule has 0 aromatic carbocycles. The molecule has 0 unspecified atom stereocenters. The van der Waals surface area contributed by atoms with Crippen LogP contribution in [0.2, 0.25) is 0 Å². The molecule has 3 aliphatic rings. The van der Waals surface area contributed by atoms with E-state index >= 15 is 0 Å². The maximum atomic E-state index is 6.54. The Bertz CT molecular complexity index is 439. The highest BCUT2D eigenvalue weighted by molar-refractivity contribution is 6.53. The number of rotatable bonds is 0. The Balaban J connectivity index is 2.29. The molecule has 0 heterocycles. The highest BCUT2D eigenvalue weighted by Gasteiger charge is 2.65. The van der Waals surface area contributed by atoms with Gasteiger partial charge in [0, 0.05) is 27.3 Å². The average molecular weight is 339 g/mol. The van der Waals surface area contributed by atoms with Gasteiger partial charge in [0.05, 0.1) is 10.1 Å². The van der Waals surface area contributed by atoms with Crippen molar-refractivity contribution in [2.45, 2.75) is 16.7 Å². The lowest BCUT2D eigenvalue weighted by Crippen LogP contribution is -2.33. The largest absolute Gasteiger partial charge is 0.122 e. The molecule has 0 aromatic rings. The number of hydrogen-bond acceptors (Lipinski definition) is 0. The summed E-state index contributed by atoms with van der Waals surface area (Å²) in [5.74, 6) is 0.0937. The van der Waals surface area contributed by atoms with Gasteiger partial charge in [0.2, 0.25) is 0 Å². The van der Waals surface area contributed by atoms with Crippen LogP contribution in [0.3, 0.4) is 0 Å². The Kier molecular flexibility index (Phi) is 2.77. The molecule has 16 heavy (non-hydrogen) atoms. The normalized spacial score (nSPS) is 50.6. The van der Waals surface area contributed by atoms with Crippen LogP contribution in [0, 0.1) is 17.8 Å². The Morgan fingerprint density at radius 3 is 2.19 bits per heavy atom. The van der Waals surface area contributed by atoms with E-state index < -0.39 is 4.87 Å². The van der Waals surface area contributed by atoms with E-state index in [0.29, 0.717) is 20.1 Å². The van der Waals surface area contributed by atoms with Crippen molar-refractivity contribution in [2.75, 3.05) is 0 Å². The molecule has 1 saturated carbocycles. The van der Waals surface area contributed by atoms with Gasteiger partial charge in [-0.2, -0.15) is 0 Å². The smallest absolute Gasteiger partial charge is 0.121 e. The quantitative estimate of drug-likeness (QED) is 0.530. The highest BCUT2D eigenvalue weighted by Crippen LogP contribution is 2.69. The molecule has 2 bridgehead atoms. The molecule has 0 amide bonds. The standard InChI is InChI=1S/C10H6Cl6/c11-5-2-1-3-4(5)7(13)9(15)10(3,16)8(14)6(2)12/h2-5H,1H2/t2-,3+,4+,5+,10+/m0/s1. The van der Waals surface area contributed by atoms with Crippen LogP contribution < -0.4 is 0 Å². The molecular weight excluding hydrogens is 333 g/mol. The summed E-state index contributed by atoms with van der Waals surface area (Å²) in [6.07, 6.45) is 0.795. The summed E-state index contributed by atoms with van der Waals surface area (Å²) >= 11 is 37.8. The zero-order valence-corrected chi connectivity index (χ0v) is 12.3. The summed E-state index contributed by atoms with van der Waals surface area (Å²) in [6.45, 7) is 0. The first-order valence-corrected chi connectivity index (χ1v) is 7.17. The van der Waals surface area contributed by atoms with Crippen molar-refractivity contribution >= 4 is 69.6 Å². The molecule has 0 aliphatic heterocycles. The first-order valence-electron chi connectivity index (χ1n) is 4.85. The monoisotopic (exact) mass is 336 g/mol. The minimum atomic E-state index is -0.942. The number of allylic oxidation sites excluding steroid dienone is 4. The molecule has 3 aliphatic carbocycles. The van der Waals surface area contributed by atoms with Crippen LogP contribution >= 0.6 is 69.6 Å². The van der Waals surface area contributed by atoms with Crippen LogP contribution in [0.1, 0.15) is 6.42 Å². The molecular formula is C10H6Cl6. The molecule has 0 aromatic heterocycles. The average Bonchev–Trinajstić information content (AvgIpc) is 2.67. The second-order valence-electron chi connectivity index (χ2n) is 4.45. The number of alkyl halides is 2. The van der Waals surface area contributed by atoms with Gasteiger partial charge in [0.25, 0.3) is 0 Å². The van der Waals surface area contributed by atoms with Crippen molar-refractivity contribution in [1.82, 2.24) is 0 Å². The first-order chi connectivity index (χ1) is 7.40. The first kappa shape index (κ1) is 12.3. The summed E-state index contributed by atoms with van der Waals surface area (Å²) in [5.41, 5.74) is 0. The Morgan fingerprint density at radius 1 is 1.00 bits per heavy atom. The summed E-state index contributed by atoms with van der Waals surface area (Å²) < 4.78 is 0. The highest BCUT2D eigenvalue weighted by atomic mass is 35.5. The zero-order valence-electron chi connectivity index (χ0n) is 7.78. The number of fused-ring (bicyclic) bond motifs is 1. The molecule has 6 heteroatoms. The minimum absolute atomic E-state index is 0.0247. The van der Waals surface area contributed by atoms with E-state index in [1.807, 2.05) is 0 Å². The number of hydrogen-bond donors (Lipinski definition) is 0. The molecule has 5 atom stereocenters. The molecule has 3 rings (SSSR count). The van der Waals surface area contributed by atoms with Crippen molar-refractivity contribution in [3.05, 3.63) is 20.1 Å². The van der Waals surface area contributed by atoms with Gasteiger partial charge in [-0.05, 0) is 12.3 Å². The van der Waals surface area contributed by atoms with E-state index in [9.17, 15) is 0 Å². The Hall–Kier alpha value is 1.22. The molecule has 0 spiro atoms. The van der Waals surface area contributed by atoms with Gasteiger partial charge in [0.15, 0.2) is 0 Å². The van der Waals surface area contributed by atoms with Crippen LogP contribution in [0.15, 0.2) is 20.1 Å². The third kappa shape index (κ3) is 1.17. The van der Waals surface area contributed by atoms with Crippen LogP contribution in [-0.4, -0.2) is 10.3 Å². The van der Waals surface area contributed by atoms with Gasteiger partial charge >= 0.3 is 0 Å². The van der Waals surface area contributed by atoms with Crippen molar-refractivity contribution in [3.8, 4) is 0 Å². The zero-order chi connectivity index (χ0) is 11.8. The van der Waals surface area contributed by atoms with Gasteiger partial charge in [-0.25, -0.2) is 0 Å². The summed E-state index contributed by atoms with van der Waals surface area (Å²) in [5, 5.41) is 1.70. The van der Waals surface area contributed by atoms with E-state index in [4.69, 9.17) is 69.6 Å². The lowest BCUT2D eigenvalue weighted by atomic mass is 9.85. The van der Waals surface area contributed by atoms with E-state index in [0.717, 1.165) is 6.42 Å². The molecule has 1 fully saturated rings. The fourth-order valence-electron chi connectivity index (χ4n) is 3.07. The second kappa shape index (κ2) is 3.62. The third-order valence-corrected chi connectivity index (χ3v) is 7.39. The summed E-state index contributed by atoms with van der Waals surface area (Å²) in [7, 11) is 0. The van der Waals surface area contributed by atoms with Gasteiger partial charge in [-0.3, -0.25) is 0 Å². The van der Waals surface area contributed by atoms with Gasteiger partial charge in [-0.1, -0.05) is 46.4 Å². The van der Waals surface area contributed by atoms with Gasteiger partial charge in [0.1, 0.15) is 4.87 Å². The Labute approximate surface area is 123 Å². The van der Waals surface area contributed by atoms with Crippen LogP contribution in [-0.2, 0) is 0 Å². The third-order valence-electron chi connectivity index (χ3n) is 3.86. The van der Waals surface area contributed by atoms with E-state index in [1.165, 1.54) is 0 Å². The topological polar surface area (TPSA) is 0 Å². The van der Waals surface area contributed by atoms with Crippen molar-refractivity contribution in [2.24, 2.45) is 17.8 Å². The van der Waals surface area contributed by atoms with Crippen LogP contribution in [0.25, 0.3) is 0 Å². The lowest BCUT2D eigenvalue weighted by molar-refractivity contribution is 0.427. The summed E-state index contributed by atoms with van der Waals surface area (Å²) in [6, 6.07) is 0. The maximum Gasteiger partial charge on any atom is 0.121 e. The molecule has 0 N–H and O–H groups in total. The fraction of sp³-hybridized carbons (Fsp3) is 0.600. The minimum Gasteiger partial charge on any atom is -0.122 e. The Morgan fingerprint density at radius 2 is 1.56 bits per heavy atom. The van der Waals surface area contributed by atoms with Crippen LogP contribution in [0.5, 0.6) is 0 Å². The summed E-state index contributed by atoms with van der Waals surface area (Å²) in [4.78, 5) is -0.942. The van der Waals surface area contributed by atoms with Crippen molar-refractivity contribution in [3.63, 3.8) is 0 Å². The van der Waals surface area contributed by atoms with E-state index in [1.54, 1.807) is 0 Å². The van der Waals surface area contributed by atoms with Crippen LogP contribution in [0.4, 0.5) is 0 Å². The fourth-order valence-corrected chi connectivity index (χ4v) is 5.85.